The summed E-state index contributed by atoms with van der Waals surface area (Å²) in [4.78, 5) is 15.4. The Morgan fingerprint density at radius 1 is 1.35 bits per heavy atom. The third kappa shape index (κ3) is 4.69. The monoisotopic (exact) mass is 314 g/mol. The minimum Gasteiger partial charge on any atom is -0.342 e. The van der Waals surface area contributed by atoms with Gasteiger partial charge in [0.1, 0.15) is 0 Å². The van der Waals surface area contributed by atoms with Crippen LogP contribution in [0, 0.1) is 6.92 Å². The van der Waals surface area contributed by atoms with E-state index >= 15 is 0 Å². The Morgan fingerprint density at radius 3 is 2.60 bits per heavy atom. The van der Waals surface area contributed by atoms with Crippen LogP contribution >= 0.6 is 24.2 Å². The van der Waals surface area contributed by atoms with Crippen molar-refractivity contribution in [3.63, 3.8) is 0 Å². The largest absolute Gasteiger partial charge is 0.342 e. The summed E-state index contributed by atoms with van der Waals surface area (Å²) < 4.78 is 0. The van der Waals surface area contributed by atoms with Crippen molar-refractivity contribution in [2.24, 2.45) is 0 Å². The van der Waals surface area contributed by atoms with Crippen molar-refractivity contribution in [1.29, 1.82) is 0 Å². The van der Waals surface area contributed by atoms with Gasteiger partial charge in [-0.05, 0) is 38.4 Å². The number of hydrogen-bond acceptors (Lipinski definition) is 3. The SMILES string of the molecule is CNC1CCN(C(=O)CSc2ccccc2C)CC1.Cl. The highest BCUT2D eigenvalue weighted by Gasteiger charge is 2.21. The summed E-state index contributed by atoms with van der Waals surface area (Å²) in [6.45, 7) is 3.86. The number of benzene rings is 1. The van der Waals surface area contributed by atoms with Crippen LogP contribution in [0.2, 0.25) is 0 Å². The van der Waals surface area contributed by atoms with Crippen molar-refractivity contribution < 1.29 is 4.79 Å². The lowest BCUT2D eigenvalue weighted by atomic mass is 10.1. The Labute approximate surface area is 131 Å². The molecule has 112 valence electrons. The van der Waals surface area contributed by atoms with Crippen molar-refractivity contribution >= 4 is 30.1 Å². The Hall–Kier alpha value is -0.710. The van der Waals surface area contributed by atoms with E-state index in [1.54, 1.807) is 11.8 Å². The van der Waals surface area contributed by atoms with Crippen LogP contribution in [-0.4, -0.2) is 42.7 Å². The molecule has 0 saturated carbocycles. The summed E-state index contributed by atoms with van der Waals surface area (Å²) in [7, 11) is 2.00. The van der Waals surface area contributed by atoms with Gasteiger partial charge in [0.05, 0.1) is 5.75 Å². The first kappa shape index (κ1) is 17.3. The second-order valence-corrected chi connectivity index (χ2v) is 6.02. The molecule has 0 aliphatic carbocycles. The Balaban J connectivity index is 0.00000200. The molecule has 3 nitrogen and oxygen atoms in total. The highest BCUT2D eigenvalue weighted by atomic mass is 35.5. The normalized spacial score (nSPS) is 15.8. The highest BCUT2D eigenvalue weighted by molar-refractivity contribution is 8.00. The zero-order chi connectivity index (χ0) is 13.7. The fraction of sp³-hybridized carbons (Fsp3) is 0.533. The number of rotatable bonds is 4. The van der Waals surface area contributed by atoms with Gasteiger partial charge < -0.3 is 10.2 Å². The van der Waals surface area contributed by atoms with Crippen LogP contribution in [0.15, 0.2) is 29.2 Å². The Kier molecular flexibility index (Phi) is 7.41. The number of carbonyl (C=O) groups is 1. The zero-order valence-corrected chi connectivity index (χ0v) is 13.7. The second kappa shape index (κ2) is 8.55. The van der Waals surface area contributed by atoms with Gasteiger partial charge in [0.2, 0.25) is 5.91 Å². The van der Waals surface area contributed by atoms with Crippen molar-refractivity contribution in [3.05, 3.63) is 29.8 Å². The minimum absolute atomic E-state index is 0. The molecule has 1 N–H and O–H groups in total. The maximum absolute atomic E-state index is 12.2. The van der Waals surface area contributed by atoms with E-state index in [0.717, 1.165) is 25.9 Å². The van der Waals surface area contributed by atoms with E-state index in [9.17, 15) is 4.79 Å². The average Bonchev–Trinajstić information content (AvgIpc) is 2.46. The quantitative estimate of drug-likeness (QED) is 0.867. The number of halogens is 1. The molecule has 1 aromatic rings. The first-order valence-electron chi connectivity index (χ1n) is 6.84. The fourth-order valence-corrected chi connectivity index (χ4v) is 3.30. The molecule has 20 heavy (non-hydrogen) atoms. The summed E-state index contributed by atoms with van der Waals surface area (Å²) in [6, 6.07) is 8.81. The van der Waals surface area contributed by atoms with Crippen molar-refractivity contribution in [2.75, 3.05) is 25.9 Å². The number of aryl methyl sites for hydroxylation is 1. The number of likely N-dealkylation sites (tertiary alicyclic amines) is 1. The number of hydrogen-bond donors (Lipinski definition) is 1. The first-order valence-corrected chi connectivity index (χ1v) is 7.82. The van der Waals surface area contributed by atoms with Gasteiger partial charge in [0, 0.05) is 24.0 Å². The number of thioether (sulfide) groups is 1. The molecule has 0 spiro atoms. The van der Waals surface area contributed by atoms with Gasteiger partial charge in [-0.2, -0.15) is 0 Å². The molecular formula is C15H23ClN2OS. The second-order valence-electron chi connectivity index (χ2n) is 5.00. The lowest BCUT2D eigenvalue weighted by Gasteiger charge is -2.31. The molecule has 1 aliphatic rings. The molecule has 2 rings (SSSR count). The first-order chi connectivity index (χ1) is 9.20. The van der Waals surface area contributed by atoms with E-state index in [4.69, 9.17) is 0 Å². The molecule has 0 unspecified atom stereocenters. The number of amides is 1. The molecule has 1 heterocycles. The predicted molar refractivity (Wildman–Crippen MR) is 87.8 cm³/mol. The smallest absolute Gasteiger partial charge is 0.232 e. The van der Waals surface area contributed by atoms with Crippen LogP contribution in [0.3, 0.4) is 0 Å². The summed E-state index contributed by atoms with van der Waals surface area (Å²) in [5.74, 6) is 0.817. The molecule has 0 bridgehead atoms. The van der Waals surface area contributed by atoms with Gasteiger partial charge >= 0.3 is 0 Å². The van der Waals surface area contributed by atoms with E-state index in [1.165, 1.54) is 10.5 Å². The van der Waals surface area contributed by atoms with Crippen LogP contribution < -0.4 is 5.32 Å². The van der Waals surface area contributed by atoms with Crippen LogP contribution in [0.4, 0.5) is 0 Å². The molecule has 0 aromatic heterocycles. The third-order valence-electron chi connectivity index (χ3n) is 3.70. The maximum Gasteiger partial charge on any atom is 0.232 e. The van der Waals surface area contributed by atoms with Gasteiger partial charge in [-0.1, -0.05) is 18.2 Å². The lowest BCUT2D eigenvalue weighted by molar-refractivity contribution is -0.129. The molecular weight excluding hydrogens is 292 g/mol. The number of nitrogens with one attached hydrogen (secondary N) is 1. The molecule has 0 radical (unpaired) electrons. The average molecular weight is 315 g/mol. The highest BCUT2D eigenvalue weighted by Crippen LogP contribution is 2.22. The summed E-state index contributed by atoms with van der Waals surface area (Å²) in [5, 5.41) is 3.29. The van der Waals surface area contributed by atoms with E-state index < -0.39 is 0 Å². The molecule has 1 amide bonds. The van der Waals surface area contributed by atoms with Crippen LogP contribution in [-0.2, 0) is 4.79 Å². The Morgan fingerprint density at radius 2 is 2.00 bits per heavy atom. The van der Waals surface area contributed by atoms with Crippen molar-refractivity contribution in [1.82, 2.24) is 10.2 Å². The molecule has 1 aliphatic heterocycles. The summed E-state index contributed by atoms with van der Waals surface area (Å²) >= 11 is 1.65. The van der Waals surface area contributed by atoms with Crippen LogP contribution in [0.25, 0.3) is 0 Å². The van der Waals surface area contributed by atoms with E-state index in [-0.39, 0.29) is 18.3 Å². The van der Waals surface area contributed by atoms with E-state index in [1.807, 2.05) is 24.1 Å². The van der Waals surface area contributed by atoms with E-state index in [2.05, 4.69) is 24.4 Å². The topological polar surface area (TPSA) is 32.3 Å². The summed E-state index contributed by atoms with van der Waals surface area (Å²) in [6.07, 6.45) is 2.13. The fourth-order valence-electron chi connectivity index (χ4n) is 2.37. The van der Waals surface area contributed by atoms with Crippen LogP contribution in [0.5, 0.6) is 0 Å². The van der Waals surface area contributed by atoms with Gasteiger partial charge in [-0.15, -0.1) is 24.2 Å². The number of nitrogens with zero attached hydrogens (tertiary/aromatic N) is 1. The third-order valence-corrected chi connectivity index (χ3v) is 4.86. The summed E-state index contributed by atoms with van der Waals surface area (Å²) in [5.41, 5.74) is 1.24. The van der Waals surface area contributed by atoms with E-state index in [0.29, 0.717) is 11.8 Å². The molecule has 1 fully saturated rings. The number of piperidine rings is 1. The number of carbonyl (C=O) groups excluding carboxylic acids is 1. The van der Waals surface area contributed by atoms with Gasteiger partial charge in [0.25, 0.3) is 0 Å². The lowest BCUT2D eigenvalue weighted by Crippen LogP contribution is -2.44. The van der Waals surface area contributed by atoms with Crippen molar-refractivity contribution in [2.45, 2.75) is 30.7 Å². The molecule has 1 saturated heterocycles. The zero-order valence-electron chi connectivity index (χ0n) is 12.1. The Bertz CT molecular complexity index is 434. The molecule has 0 atom stereocenters. The maximum atomic E-state index is 12.2. The van der Waals surface area contributed by atoms with Crippen molar-refractivity contribution in [3.8, 4) is 0 Å². The minimum atomic E-state index is 0. The van der Waals surface area contributed by atoms with Gasteiger partial charge in [-0.25, -0.2) is 0 Å². The predicted octanol–water partition coefficient (Wildman–Crippen LogP) is 2.72. The van der Waals surface area contributed by atoms with Gasteiger partial charge in [0.15, 0.2) is 0 Å². The standard InChI is InChI=1S/C15H22N2OS.ClH/c1-12-5-3-4-6-14(12)19-11-15(18)17-9-7-13(16-2)8-10-17;/h3-6,13,16H,7-11H2,1-2H3;1H. The molecule has 1 aromatic carbocycles. The van der Waals surface area contributed by atoms with Gasteiger partial charge in [-0.3, -0.25) is 4.79 Å². The molecule has 5 heteroatoms. The van der Waals surface area contributed by atoms with Crippen LogP contribution in [0.1, 0.15) is 18.4 Å².